The molecule has 6 nitrogen and oxygen atoms in total. The van der Waals surface area contributed by atoms with E-state index in [1.807, 2.05) is 19.1 Å². The van der Waals surface area contributed by atoms with Crippen LogP contribution in [-0.4, -0.2) is 28.8 Å². The van der Waals surface area contributed by atoms with E-state index < -0.39 is 0 Å². The number of nitrogens with two attached hydrogens (primary N) is 1. The Morgan fingerprint density at radius 1 is 1.45 bits per heavy atom. The van der Waals surface area contributed by atoms with Crippen LogP contribution in [0, 0.1) is 6.92 Å². The Balaban J connectivity index is 1.79. The molecule has 1 amide bonds. The zero-order valence-corrected chi connectivity index (χ0v) is 11.6. The smallest absolute Gasteiger partial charge is 0.269 e. The molecule has 20 heavy (non-hydrogen) atoms. The molecule has 0 atom stereocenters. The summed E-state index contributed by atoms with van der Waals surface area (Å²) >= 11 is 0. The average molecular weight is 274 g/mol. The van der Waals surface area contributed by atoms with Crippen molar-refractivity contribution in [3.63, 3.8) is 0 Å². The molecule has 3 N–H and O–H groups in total. The number of carbonyl (C=O) groups is 1. The van der Waals surface area contributed by atoms with Crippen LogP contribution >= 0.6 is 0 Å². The fourth-order valence-corrected chi connectivity index (χ4v) is 1.85. The largest absolute Gasteiger partial charge is 0.492 e. The van der Waals surface area contributed by atoms with Crippen molar-refractivity contribution in [2.45, 2.75) is 6.92 Å². The molecule has 1 heterocycles. The number of nitrogens with zero attached hydrogens (tertiary/aromatic N) is 2. The van der Waals surface area contributed by atoms with Gasteiger partial charge in [-0.25, -0.2) is 0 Å². The third-order valence-corrected chi connectivity index (χ3v) is 2.75. The highest BCUT2D eigenvalue weighted by Crippen LogP contribution is 2.13. The van der Waals surface area contributed by atoms with E-state index in [0.717, 1.165) is 5.69 Å². The number of aryl methyl sites for hydroxylation is 2. The Hall–Kier alpha value is -2.50. The van der Waals surface area contributed by atoms with Gasteiger partial charge in [-0.15, -0.1) is 0 Å². The topological polar surface area (TPSA) is 82.2 Å². The van der Waals surface area contributed by atoms with Crippen LogP contribution in [0.2, 0.25) is 0 Å². The summed E-state index contributed by atoms with van der Waals surface area (Å²) in [6, 6.07) is 8.92. The molecule has 0 radical (unpaired) electrons. The van der Waals surface area contributed by atoms with Crippen LogP contribution in [0.5, 0.6) is 5.75 Å². The van der Waals surface area contributed by atoms with Crippen molar-refractivity contribution in [2.24, 2.45) is 7.05 Å². The van der Waals surface area contributed by atoms with Gasteiger partial charge in [0.2, 0.25) is 0 Å². The normalized spacial score (nSPS) is 10.3. The van der Waals surface area contributed by atoms with Crippen LogP contribution in [0.3, 0.4) is 0 Å². The maximum Gasteiger partial charge on any atom is 0.269 e. The van der Waals surface area contributed by atoms with Gasteiger partial charge < -0.3 is 15.8 Å². The number of nitrogen functional groups attached to an aromatic ring is 1. The molecule has 1 aromatic carbocycles. The summed E-state index contributed by atoms with van der Waals surface area (Å²) in [5.74, 6) is 0.528. The first-order valence-electron chi connectivity index (χ1n) is 6.33. The van der Waals surface area contributed by atoms with Gasteiger partial charge in [-0.05, 0) is 25.1 Å². The SMILES string of the molecule is Cc1cc(C(=O)NCCOc2cccc(N)c2)n(C)n1. The quantitative estimate of drug-likeness (QED) is 0.632. The summed E-state index contributed by atoms with van der Waals surface area (Å²) in [4.78, 5) is 11.9. The first kappa shape index (κ1) is 13.9. The number of amides is 1. The lowest BCUT2D eigenvalue weighted by molar-refractivity contribution is 0.0937. The minimum Gasteiger partial charge on any atom is -0.492 e. The Kier molecular flexibility index (Phi) is 4.24. The van der Waals surface area contributed by atoms with Crippen molar-refractivity contribution in [3.05, 3.63) is 41.7 Å². The van der Waals surface area contributed by atoms with Crippen molar-refractivity contribution in [1.29, 1.82) is 0 Å². The van der Waals surface area contributed by atoms with Gasteiger partial charge in [-0.1, -0.05) is 6.07 Å². The molecule has 0 saturated carbocycles. The van der Waals surface area contributed by atoms with Crippen LogP contribution in [0.4, 0.5) is 5.69 Å². The second-order valence-corrected chi connectivity index (χ2v) is 4.47. The van der Waals surface area contributed by atoms with Gasteiger partial charge >= 0.3 is 0 Å². The third-order valence-electron chi connectivity index (χ3n) is 2.75. The van der Waals surface area contributed by atoms with Crippen LogP contribution in [0.25, 0.3) is 0 Å². The first-order chi connectivity index (χ1) is 9.56. The van der Waals surface area contributed by atoms with Crippen molar-refractivity contribution in [2.75, 3.05) is 18.9 Å². The summed E-state index contributed by atoms with van der Waals surface area (Å²) in [6.45, 7) is 2.64. The van der Waals surface area contributed by atoms with E-state index in [1.165, 1.54) is 0 Å². The highest BCUT2D eigenvalue weighted by atomic mass is 16.5. The number of hydrogen-bond donors (Lipinski definition) is 2. The maximum atomic E-state index is 11.9. The monoisotopic (exact) mass is 274 g/mol. The number of carbonyl (C=O) groups excluding carboxylic acids is 1. The van der Waals surface area contributed by atoms with Gasteiger partial charge in [0.15, 0.2) is 0 Å². The van der Waals surface area contributed by atoms with E-state index in [2.05, 4.69) is 10.4 Å². The lowest BCUT2D eigenvalue weighted by Crippen LogP contribution is -2.29. The number of benzene rings is 1. The van der Waals surface area contributed by atoms with Gasteiger partial charge in [0.05, 0.1) is 12.2 Å². The van der Waals surface area contributed by atoms with E-state index >= 15 is 0 Å². The molecule has 2 rings (SSSR count). The fourth-order valence-electron chi connectivity index (χ4n) is 1.85. The number of rotatable bonds is 5. The molecule has 0 aliphatic heterocycles. The molecule has 106 valence electrons. The minimum atomic E-state index is -0.163. The highest BCUT2D eigenvalue weighted by molar-refractivity contribution is 5.92. The fraction of sp³-hybridized carbons (Fsp3) is 0.286. The molecule has 6 heteroatoms. The van der Waals surface area contributed by atoms with E-state index in [1.54, 1.807) is 29.9 Å². The standard InChI is InChI=1S/C14H18N4O2/c1-10-8-13(18(2)17-10)14(19)16-6-7-20-12-5-3-4-11(15)9-12/h3-5,8-9H,6-7,15H2,1-2H3,(H,16,19). The summed E-state index contributed by atoms with van der Waals surface area (Å²) in [5.41, 5.74) is 7.64. The average Bonchev–Trinajstić information content (AvgIpc) is 2.74. The van der Waals surface area contributed by atoms with Gasteiger partial charge in [0.25, 0.3) is 5.91 Å². The molecule has 1 aromatic heterocycles. The lowest BCUT2D eigenvalue weighted by Gasteiger charge is -2.08. The highest BCUT2D eigenvalue weighted by Gasteiger charge is 2.10. The van der Waals surface area contributed by atoms with E-state index in [9.17, 15) is 4.79 Å². The van der Waals surface area contributed by atoms with E-state index in [-0.39, 0.29) is 5.91 Å². The molecule has 2 aromatic rings. The van der Waals surface area contributed by atoms with Crippen LogP contribution in [0.1, 0.15) is 16.2 Å². The molecule has 0 spiro atoms. The van der Waals surface area contributed by atoms with Gasteiger partial charge in [0, 0.05) is 18.8 Å². The summed E-state index contributed by atoms with van der Waals surface area (Å²) in [5, 5.41) is 6.91. The molecule has 0 aliphatic carbocycles. The molecule has 0 saturated heterocycles. The zero-order chi connectivity index (χ0) is 14.5. The predicted molar refractivity (Wildman–Crippen MR) is 76.6 cm³/mol. The zero-order valence-electron chi connectivity index (χ0n) is 11.6. The summed E-state index contributed by atoms with van der Waals surface area (Å²) in [7, 11) is 1.74. The van der Waals surface area contributed by atoms with Crippen LogP contribution in [0.15, 0.2) is 30.3 Å². The maximum absolute atomic E-state index is 11.9. The molecule has 0 unspecified atom stereocenters. The molecule has 0 bridgehead atoms. The number of hydrogen-bond acceptors (Lipinski definition) is 4. The Morgan fingerprint density at radius 2 is 2.25 bits per heavy atom. The predicted octanol–water partition coefficient (Wildman–Crippen LogP) is 1.12. The van der Waals surface area contributed by atoms with Crippen molar-refractivity contribution >= 4 is 11.6 Å². The van der Waals surface area contributed by atoms with Crippen molar-refractivity contribution in [3.8, 4) is 5.75 Å². The van der Waals surface area contributed by atoms with Crippen molar-refractivity contribution < 1.29 is 9.53 Å². The van der Waals surface area contributed by atoms with Gasteiger partial charge in [-0.3, -0.25) is 9.48 Å². The van der Waals surface area contributed by atoms with Crippen molar-refractivity contribution in [1.82, 2.24) is 15.1 Å². The number of nitrogens with one attached hydrogen (secondary N) is 1. The second kappa shape index (κ2) is 6.10. The molecular formula is C14H18N4O2. The third kappa shape index (κ3) is 3.50. The van der Waals surface area contributed by atoms with Crippen LogP contribution in [-0.2, 0) is 7.05 Å². The van der Waals surface area contributed by atoms with Gasteiger partial charge in [0.1, 0.15) is 18.1 Å². The molecule has 0 fully saturated rings. The first-order valence-corrected chi connectivity index (χ1v) is 6.33. The van der Waals surface area contributed by atoms with E-state index in [0.29, 0.717) is 30.3 Å². The molecule has 0 aliphatic rings. The summed E-state index contributed by atoms with van der Waals surface area (Å²) in [6.07, 6.45) is 0. The van der Waals surface area contributed by atoms with Gasteiger partial charge in [-0.2, -0.15) is 5.10 Å². The number of aromatic nitrogens is 2. The van der Waals surface area contributed by atoms with Crippen LogP contribution < -0.4 is 15.8 Å². The minimum absolute atomic E-state index is 0.163. The Morgan fingerprint density at radius 3 is 2.90 bits per heavy atom. The Bertz CT molecular complexity index is 607. The summed E-state index contributed by atoms with van der Waals surface area (Å²) < 4.78 is 7.05. The Labute approximate surface area is 117 Å². The molecular weight excluding hydrogens is 256 g/mol. The number of anilines is 1. The number of ether oxygens (including phenoxy) is 1. The second-order valence-electron chi connectivity index (χ2n) is 4.47. The van der Waals surface area contributed by atoms with E-state index in [4.69, 9.17) is 10.5 Å². The lowest BCUT2D eigenvalue weighted by atomic mass is 10.3.